The number of esters is 1. The average Bonchev–Trinajstić information content (AvgIpc) is 2.35. The number of carbonyl (C=O) groups is 1. The van der Waals surface area contributed by atoms with Crippen LogP contribution in [-0.4, -0.2) is 22.6 Å². The van der Waals surface area contributed by atoms with Crippen LogP contribution in [0, 0.1) is 10.1 Å². The quantitative estimate of drug-likeness (QED) is 0.343. The highest BCUT2D eigenvalue weighted by Gasteiger charge is 2.12. The van der Waals surface area contributed by atoms with E-state index in [2.05, 4.69) is 4.74 Å². The molecular weight excluding hydrogens is 240 g/mol. The number of hydrogen-bond donors (Lipinski definition) is 0. The number of pyridine rings is 1. The summed E-state index contributed by atoms with van der Waals surface area (Å²) in [6, 6.07) is 2.54. The number of hydrogen-bond acceptors (Lipinski definition) is 5. The summed E-state index contributed by atoms with van der Waals surface area (Å²) in [5.74, 6) is -0.506. The normalized spacial score (nSPS) is 11.1. The molecule has 7 heteroatoms. The van der Waals surface area contributed by atoms with Crippen molar-refractivity contribution >= 4 is 11.7 Å². The van der Waals surface area contributed by atoms with Gasteiger partial charge in [-0.3, -0.25) is 14.9 Å². The van der Waals surface area contributed by atoms with Gasteiger partial charge in [0, 0.05) is 24.4 Å². The molecule has 0 radical (unpaired) electrons. The number of nitro groups is 1. The van der Waals surface area contributed by atoms with Gasteiger partial charge in [-0.2, -0.15) is 0 Å². The van der Waals surface area contributed by atoms with Crippen molar-refractivity contribution in [2.45, 2.75) is 13.5 Å². The summed E-state index contributed by atoms with van der Waals surface area (Å²) in [5, 5.41) is 10.6. The predicted octanol–water partition coefficient (Wildman–Crippen LogP) is 0.876. The van der Waals surface area contributed by atoms with Gasteiger partial charge in [-0.15, -0.1) is 0 Å². The molecule has 0 bridgehead atoms. The van der Waals surface area contributed by atoms with Crippen LogP contribution < -0.4 is 5.56 Å². The van der Waals surface area contributed by atoms with Gasteiger partial charge in [0.2, 0.25) is 0 Å². The highest BCUT2D eigenvalue weighted by Crippen LogP contribution is 2.03. The standard InChI is InChI=1S/C11H12N2O5/c1-8(11(15)18-2)5-7-12-6-3-4-9(10(12)14)13(16)17/h3-6H,7H2,1-2H3/b8-5+. The number of aromatic nitrogens is 1. The van der Waals surface area contributed by atoms with Crippen LogP contribution in [-0.2, 0) is 16.1 Å². The van der Waals surface area contributed by atoms with E-state index in [1.54, 1.807) is 0 Å². The molecule has 0 unspecified atom stereocenters. The predicted molar refractivity (Wildman–Crippen MR) is 63.1 cm³/mol. The molecule has 0 aliphatic rings. The fourth-order valence-electron chi connectivity index (χ4n) is 1.29. The van der Waals surface area contributed by atoms with Crippen molar-refractivity contribution in [1.29, 1.82) is 0 Å². The Bertz CT molecular complexity index is 559. The lowest BCUT2D eigenvalue weighted by molar-refractivity contribution is -0.386. The van der Waals surface area contributed by atoms with Crippen LogP contribution in [0.5, 0.6) is 0 Å². The van der Waals surface area contributed by atoms with E-state index in [0.29, 0.717) is 5.57 Å². The van der Waals surface area contributed by atoms with E-state index in [9.17, 15) is 19.7 Å². The summed E-state index contributed by atoms with van der Waals surface area (Å²) in [4.78, 5) is 32.6. The van der Waals surface area contributed by atoms with E-state index < -0.39 is 22.1 Å². The maximum absolute atomic E-state index is 11.6. The topological polar surface area (TPSA) is 91.4 Å². The van der Waals surface area contributed by atoms with Gasteiger partial charge in [-0.1, -0.05) is 6.08 Å². The summed E-state index contributed by atoms with van der Waals surface area (Å²) in [6.45, 7) is 1.61. The van der Waals surface area contributed by atoms with E-state index in [1.165, 1.54) is 32.4 Å². The van der Waals surface area contributed by atoms with Crippen molar-refractivity contribution in [2.75, 3.05) is 7.11 Å². The largest absolute Gasteiger partial charge is 0.466 e. The van der Waals surface area contributed by atoms with Crippen LogP contribution in [0.15, 0.2) is 34.8 Å². The van der Waals surface area contributed by atoms with Crippen molar-refractivity contribution in [2.24, 2.45) is 0 Å². The van der Waals surface area contributed by atoms with Gasteiger partial charge in [0.1, 0.15) is 0 Å². The molecule has 0 aliphatic carbocycles. The van der Waals surface area contributed by atoms with Crippen molar-refractivity contribution in [3.05, 3.63) is 50.4 Å². The van der Waals surface area contributed by atoms with Crippen molar-refractivity contribution in [1.82, 2.24) is 4.57 Å². The molecule has 18 heavy (non-hydrogen) atoms. The molecule has 0 atom stereocenters. The van der Waals surface area contributed by atoms with Gasteiger partial charge in [0.25, 0.3) is 0 Å². The molecule has 0 saturated carbocycles. The summed E-state index contributed by atoms with van der Waals surface area (Å²) in [6.07, 6.45) is 2.88. The van der Waals surface area contributed by atoms with Gasteiger partial charge in [0.05, 0.1) is 12.0 Å². The van der Waals surface area contributed by atoms with Gasteiger partial charge in [-0.05, 0) is 13.0 Å². The van der Waals surface area contributed by atoms with Gasteiger partial charge >= 0.3 is 17.2 Å². The lowest BCUT2D eigenvalue weighted by atomic mass is 10.3. The first kappa shape index (κ1) is 13.6. The highest BCUT2D eigenvalue weighted by atomic mass is 16.6. The molecule has 1 aromatic rings. The second-order valence-electron chi connectivity index (χ2n) is 3.49. The minimum Gasteiger partial charge on any atom is -0.466 e. The Kier molecular flexibility index (Phi) is 4.36. The van der Waals surface area contributed by atoms with Crippen molar-refractivity contribution in [3.63, 3.8) is 0 Å². The Labute approximate surface area is 102 Å². The minimum atomic E-state index is -0.740. The fourth-order valence-corrected chi connectivity index (χ4v) is 1.29. The molecule has 1 aromatic heterocycles. The monoisotopic (exact) mass is 252 g/mol. The van der Waals surface area contributed by atoms with Crippen LogP contribution in [0.3, 0.4) is 0 Å². The van der Waals surface area contributed by atoms with E-state index in [1.807, 2.05) is 0 Å². The summed E-state index contributed by atoms with van der Waals surface area (Å²) < 4.78 is 5.63. The number of rotatable bonds is 4. The third-order valence-corrected chi connectivity index (χ3v) is 2.30. The third-order valence-electron chi connectivity index (χ3n) is 2.30. The molecule has 0 fully saturated rings. The van der Waals surface area contributed by atoms with E-state index in [-0.39, 0.29) is 6.54 Å². The molecule has 0 amide bonds. The highest BCUT2D eigenvalue weighted by molar-refractivity contribution is 5.87. The van der Waals surface area contributed by atoms with Gasteiger partial charge < -0.3 is 9.30 Å². The lowest BCUT2D eigenvalue weighted by Gasteiger charge is -2.02. The van der Waals surface area contributed by atoms with Crippen LogP contribution in [0.2, 0.25) is 0 Å². The Balaban J connectivity index is 3.00. The van der Waals surface area contributed by atoms with E-state index in [0.717, 1.165) is 10.6 Å². The summed E-state index contributed by atoms with van der Waals surface area (Å²) in [5.41, 5.74) is -0.881. The maximum Gasteiger partial charge on any atom is 0.334 e. The molecule has 0 spiro atoms. The first-order chi connectivity index (χ1) is 8.47. The third kappa shape index (κ3) is 3.03. The second-order valence-corrected chi connectivity index (χ2v) is 3.49. The number of methoxy groups -OCH3 is 1. The molecule has 0 saturated heterocycles. The fraction of sp³-hybridized carbons (Fsp3) is 0.273. The van der Waals surface area contributed by atoms with Gasteiger partial charge in [0.15, 0.2) is 0 Å². The molecule has 0 aliphatic heterocycles. The smallest absolute Gasteiger partial charge is 0.334 e. The Morgan fingerprint density at radius 2 is 2.28 bits per heavy atom. The SMILES string of the molecule is COC(=O)/C(C)=C/Cn1cccc([N+](=O)[O-])c1=O. The zero-order valence-electron chi connectivity index (χ0n) is 9.95. The number of allylic oxidation sites excluding steroid dienone is 1. The van der Waals surface area contributed by atoms with Crippen molar-refractivity contribution in [3.8, 4) is 0 Å². The van der Waals surface area contributed by atoms with E-state index in [4.69, 9.17) is 0 Å². The van der Waals surface area contributed by atoms with E-state index >= 15 is 0 Å². The zero-order chi connectivity index (χ0) is 13.7. The number of carbonyl (C=O) groups excluding carboxylic acids is 1. The summed E-state index contributed by atoms with van der Waals surface area (Å²) >= 11 is 0. The number of ether oxygens (including phenoxy) is 1. The lowest BCUT2D eigenvalue weighted by Crippen LogP contribution is -2.21. The molecular formula is C11H12N2O5. The molecule has 1 heterocycles. The second kappa shape index (κ2) is 5.76. The first-order valence-electron chi connectivity index (χ1n) is 5.06. The summed E-state index contributed by atoms with van der Waals surface area (Å²) in [7, 11) is 1.25. The van der Waals surface area contributed by atoms with Crippen LogP contribution in [0.1, 0.15) is 6.92 Å². The first-order valence-corrected chi connectivity index (χ1v) is 5.06. The average molecular weight is 252 g/mol. The Morgan fingerprint density at radius 1 is 1.61 bits per heavy atom. The van der Waals surface area contributed by atoms with Crippen LogP contribution >= 0.6 is 0 Å². The van der Waals surface area contributed by atoms with Crippen LogP contribution in [0.4, 0.5) is 5.69 Å². The number of nitrogens with zero attached hydrogens (tertiary/aromatic N) is 2. The van der Waals surface area contributed by atoms with Gasteiger partial charge in [-0.25, -0.2) is 4.79 Å². The minimum absolute atomic E-state index is 0.0709. The molecule has 96 valence electrons. The van der Waals surface area contributed by atoms with Crippen molar-refractivity contribution < 1.29 is 14.5 Å². The maximum atomic E-state index is 11.6. The molecule has 0 aromatic carbocycles. The van der Waals surface area contributed by atoms with Crippen LogP contribution in [0.25, 0.3) is 0 Å². The molecule has 7 nitrogen and oxygen atoms in total. The Hall–Kier alpha value is -2.44. The zero-order valence-corrected chi connectivity index (χ0v) is 9.95. The molecule has 0 N–H and O–H groups in total. The Morgan fingerprint density at radius 3 is 2.83 bits per heavy atom. The molecule has 1 rings (SSSR count).